The summed E-state index contributed by atoms with van der Waals surface area (Å²) in [5, 5.41) is 6.38. The first-order valence-corrected chi connectivity index (χ1v) is 6.73. The highest BCUT2D eigenvalue weighted by molar-refractivity contribution is 5.78. The van der Waals surface area contributed by atoms with Gasteiger partial charge in [-0.05, 0) is 31.3 Å². The Labute approximate surface area is 105 Å². The number of hydrogen-bond acceptors (Lipinski definition) is 3. The zero-order chi connectivity index (χ0) is 12.7. The fraction of sp³-hybridized carbons (Fsp3) is 0.923. The van der Waals surface area contributed by atoms with Gasteiger partial charge >= 0.3 is 0 Å². The standard InChI is InChI=1S/C13H27N3O/c1-4-13(2,3)11-15-12(17)10-16-8-5-6-14-7-9-16/h14H,4-11H2,1-3H3,(H,15,17). The van der Waals surface area contributed by atoms with Gasteiger partial charge in [-0.2, -0.15) is 0 Å². The van der Waals surface area contributed by atoms with E-state index in [1.54, 1.807) is 0 Å². The quantitative estimate of drug-likeness (QED) is 0.749. The second-order valence-electron chi connectivity index (χ2n) is 5.67. The fourth-order valence-corrected chi connectivity index (χ4v) is 1.78. The number of carbonyl (C=O) groups is 1. The average Bonchev–Trinajstić information content (AvgIpc) is 2.55. The molecule has 1 aliphatic rings. The summed E-state index contributed by atoms with van der Waals surface area (Å²) in [5.41, 5.74) is 0.204. The first-order valence-electron chi connectivity index (χ1n) is 6.73. The van der Waals surface area contributed by atoms with Crippen LogP contribution in [-0.2, 0) is 4.79 Å². The molecule has 0 atom stereocenters. The van der Waals surface area contributed by atoms with Gasteiger partial charge in [0.25, 0.3) is 0 Å². The van der Waals surface area contributed by atoms with Crippen LogP contribution in [0.15, 0.2) is 0 Å². The van der Waals surface area contributed by atoms with Crippen LogP contribution in [0.4, 0.5) is 0 Å². The molecule has 0 aromatic rings. The summed E-state index contributed by atoms with van der Waals surface area (Å²) in [5.74, 6) is 0.161. The molecule has 1 amide bonds. The van der Waals surface area contributed by atoms with Crippen molar-refractivity contribution in [1.29, 1.82) is 0 Å². The van der Waals surface area contributed by atoms with E-state index < -0.39 is 0 Å². The number of nitrogens with one attached hydrogen (secondary N) is 2. The van der Waals surface area contributed by atoms with E-state index in [0.717, 1.165) is 45.6 Å². The van der Waals surface area contributed by atoms with E-state index in [1.165, 1.54) is 0 Å². The maximum atomic E-state index is 11.8. The van der Waals surface area contributed by atoms with Gasteiger partial charge in [0.15, 0.2) is 0 Å². The van der Waals surface area contributed by atoms with Gasteiger partial charge in [-0.3, -0.25) is 9.69 Å². The van der Waals surface area contributed by atoms with Crippen LogP contribution < -0.4 is 10.6 Å². The molecule has 1 aliphatic heterocycles. The normalized spacial score (nSPS) is 18.8. The average molecular weight is 241 g/mol. The third-order valence-corrected chi connectivity index (χ3v) is 3.52. The van der Waals surface area contributed by atoms with Crippen molar-refractivity contribution in [2.24, 2.45) is 5.41 Å². The van der Waals surface area contributed by atoms with Crippen molar-refractivity contribution in [3.05, 3.63) is 0 Å². The predicted molar refractivity (Wildman–Crippen MR) is 71.0 cm³/mol. The van der Waals surface area contributed by atoms with Crippen molar-refractivity contribution in [2.75, 3.05) is 39.3 Å². The van der Waals surface area contributed by atoms with Crippen molar-refractivity contribution in [3.8, 4) is 0 Å². The monoisotopic (exact) mass is 241 g/mol. The molecule has 1 fully saturated rings. The molecule has 17 heavy (non-hydrogen) atoms. The molecule has 1 heterocycles. The van der Waals surface area contributed by atoms with Crippen molar-refractivity contribution in [1.82, 2.24) is 15.5 Å². The molecule has 0 saturated carbocycles. The lowest BCUT2D eigenvalue weighted by atomic mass is 9.90. The third-order valence-electron chi connectivity index (χ3n) is 3.52. The largest absolute Gasteiger partial charge is 0.354 e. The molecule has 0 aliphatic carbocycles. The van der Waals surface area contributed by atoms with E-state index in [1.807, 2.05) is 0 Å². The van der Waals surface area contributed by atoms with Crippen molar-refractivity contribution >= 4 is 5.91 Å². The number of nitrogens with zero attached hydrogens (tertiary/aromatic N) is 1. The molecule has 2 N–H and O–H groups in total. The minimum absolute atomic E-state index is 0.161. The maximum Gasteiger partial charge on any atom is 0.234 e. The molecule has 4 nitrogen and oxygen atoms in total. The van der Waals surface area contributed by atoms with Crippen molar-refractivity contribution < 1.29 is 4.79 Å². The number of rotatable bonds is 5. The molecule has 0 aromatic carbocycles. The van der Waals surface area contributed by atoms with E-state index >= 15 is 0 Å². The Hall–Kier alpha value is -0.610. The van der Waals surface area contributed by atoms with Crippen LogP contribution in [0.3, 0.4) is 0 Å². The highest BCUT2D eigenvalue weighted by Crippen LogP contribution is 2.17. The highest BCUT2D eigenvalue weighted by Gasteiger charge is 2.17. The van der Waals surface area contributed by atoms with Gasteiger partial charge in [0, 0.05) is 19.6 Å². The molecule has 0 spiro atoms. The predicted octanol–water partition coefficient (Wildman–Crippen LogP) is 0.834. The fourth-order valence-electron chi connectivity index (χ4n) is 1.78. The molecule has 0 radical (unpaired) electrons. The lowest BCUT2D eigenvalue weighted by Gasteiger charge is -2.24. The van der Waals surface area contributed by atoms with Crippen LogP contribution in [0.1, 0.15) is 33.6 Å². The van der Waals surface area contributed by atoms with Crippen LogP contribution in [0, 0.1) is 5.41 Å². The smallest absolute Gasteiger partial charge is 0.234 e. The zero-order valence-electron chi connectivity index (χ0n) is 11.5. The lowest BCUT2D eigenvalue weighted by Crippen LogP contribution is -2.41. The van der Waals surface area contributed by atoms with Crippen LogP contribution in [0.5, 0.6) is 0 Å². The van der Waals surface area contributed by atoms with Gasteiger partial charge in [-0.25, -0.2) is 0 Å². The second-order valence-corrected chi connectivity index (χ2v) is 5.67. The van der Waals surface area contributed by atoms with Gasteiger partial charge in [-0.1, -0.05) is 20.8 Å². The third kappa shape index (κ3) is 6.03. The summed E-state index contributed by atoms with van der Waals surface area (Å²) in [6, 6.07) is 0. The Kier molecular flexibility index (Phi) is 5.92. The topological polar surface area (TPSA) is 44.4 Å². The van der Waals surface area contributed by atoms with Crippen LogP contribution in [0.25, 0.3) is 0 Å². The molecule has 1 rings (SSSR count). The first kappa shape index (κ1) is 14.5. The minimum atomic E-state index is 0.161. The van der Waals surface area contributed by atoms with Crippen LogP contribution in [-0.4, -0.2) is 50.1 Å². The Morgan fingerprint density at radius 2 is 2.12 bits per heavy atom. The van der Waals surface area contributed by atoms with Crippen LogP contribution in [0.2, 0.25) is 0 Å². The van der Waals surface area contributed by atoms with E-state index in [0.29, 0.717) is 6.54 Å². The lowest BCUT2D eigenvalue weighted by molar-refractivity contribution is -0.122. The minimum Gasteiger partial charge on any atom is -0.354 e. The number of amides is 1. The second kappa shape index (κ2) is 6.97. The molecule has 4 heteroatoms. The summed E-state index contributed by atoms with van der Waals surface area (Å²) in [4.78, 5) is 14.0. The van der Waals surface area contributed by atoms with Gasteiger partial charge < -0.3 is 10.6 Å². The van der Waals surface area contributed by atoms with Crippen molar-refractivity contribution in [2.45, 2.75) is 33.6 Å². The summed E-state index contributed by atoms with van der Waals surface area (Å²) in [7, 11) is 0. The Bertz CT molecular complexity index is 233. The zero-order valence-corrected chi connectivity index (χ0v) is 11.5. The highest BCUT2D eigenvalue weighted by atomic mass is 16.2. The molecule has 0 aromatic heterocycles. The Morgan fingerprint density at radius 1 is 1.35 bits per heavy atom. The summed E-state index contributed by atoms with van der Waals surface area (Å²) < 4.78 is 0. The summed E-state index contributed by atoms with van der Waals surface area (Å²) in [6.45, 7) is 11.9. The molecule has 0 bridgehead atoms. The van der Waals surface area contributed by atoms with E-state index in [2.05, 4.69) is 36.3 Å². The number of carbonyl (C=O) groups excluding carboxylic acids is 1. The number of hydrogen-bond donors (Lipinski definition) is 2. The summed E-state index contributed by atoms with van der Waals surface area (Å²) in [6.07, 6.45) is 2.22. The SMILES string of the molecule is CCC(C)(C)CNC(=O)CN1CCCNCC1. The van der Waals surface area contributed by atoms with Gasteiger partial charge in [-0.15, -0.1) is 0 Å². The molecule has 1 saturated heterocycles. The van der Waals surface area contributed by atoms with Crippen molar-refractivity contribution in [3.63, 3.8) is 0 Å². The maximum absolute atomic E-state index is 11.8. The van der Waals surface area contributed by atoms with Crippen LogP contribution >= 0.6 is 0 Å². The molecular weight excluding hydrogens is 214 g/mol. The summed E-state index contributed by atoms with van der Waals surface area (Å²) >= 11 is 0. The first-order chi connectivity index (χ1) is 8.03. The van der Waals surface area contributed by atoms with Gasteiger partial charge in [0.1, 0.15) is 0 Å². The molecular formula is C13H27N3O. The van der Waals surface area contributed by atoms with Gasteiger partial charge in [0.05, 0.1) is 6.54 Å². The Balaban J connectivity index is 2.24. The van der Waals surface area contributed by atoms with Gasteiger partial charge in [0.2, 0.25) is 5.91 Å². The molecule has 0 unspecified atom stereocenters. The van der Waals surface area contributed by atoms with E-state index in [9.17, 15) is 4.79 Å². The Morgan fingerprint density at radius 3 is 2.82 bits per heavy atom. The van der Waals surface area contributed by atoms with E-state index in [4.69, 9.17) is 0 Å². The van der Waals surface area contributed by atoms with E-state index in [-0.39, 0.29) is 11.3 Å². The molecule has 100 valence electrons.